The van der Waals surface area contributed by atoms with Crippen LogP contribution in [-0.2, 0) is 16.8 Å². The van der Waals surface area contributed by atoms with Crippen LogP contribution in [0.5, 0.6) is 5.75 Å². The van der Waals surface area contributed by atoms with Gasteiger partial charge in [0.1, 0.15) is 11.2 Å². The minimum Gasteiger partial charge on any atom is -0.497 e. The van der Waals surface area contributed by atoms with Gasteiger partial charge in [-0.3, -0.25) is 4.79 Å². The second kappa shape index (κ2) is 7.93. The van der Waals surface area contributed by atoms with Gasteiger partial charge < -0.3 is 20.0 Å². The van der Waals surface area contributed by atoms with Crippen molar-refractivity contribution in [3.8, 4) is 5.75 Å². The van der Waals surface area contributed by atoms with Crippen molar-refractivity contribution in [2.24, 2.45) is 0 Å². The van der Waals surface area contributed by atoms with Crippen LogP contribution in [0, 0.1) is 0 Å². The molecule has 0 saturated heterocycles. The molecule has 0 atom stereocenters. The van der Waals surface area contributed by atoms with Crippen LogP contribution in [0.3, 0.4) is 0 Å². The molecule has 0 bridgehead atoms. The number of methoxy groups -OCH3 is 1. The number of nitrogens with one attached hydrogen (secondary N) is 3. The predicted octanol–water partition coefficient (Wildman–Crippen LogP) is 5.28. The smallest absolute Gasteiger partial charge is 0.235 e. The summed E-state index contributed by atoms with van der Waals surface area (Å²) < 4.78 is 5.23. The molecule has 0 radical (unpaired) electrons. The number of benzene rings is 3. The molecule has 0 aliphatic rings. The number of aromatic amines is 2. The maximum absolute atomic E-state index is 13.9. The standard InChI is InChI=1S/C27H25N3O2/c1-27(22-16-28-24-9-5-3-7-20(22)24,23-17-29-25-10-6-4-8-21(23)25)26(31)30-15-18-11-13-19(32-2)14-12-18/h3-14,16-17,28-29H,15H2,1-2H3,(H,30,31). The van der Waals surface area contributed by atoms with Crippen LogP contribution in [0.15, 0.2) is 85.2 Å². The molecule has 5 aromatic rings. The lowest BCUT2D eigenvalue weighted by Crippen LogP contribution is -2.42. The van der Waals surface area contributed by atoms with E-state index in [2.05, 4.69) is 27.4 Å². The molecule has 0 unspecified atom stereocenters. The average Bonchev–Trinajstić information content (AvgIpc) is 3.47. The van der Waals surface area contributed by atoms with E-state index in [-0.39, 0.29) is 5.91 Å². The molecule has 0 aliphatic heterocycles. The first-order chi connectivity index (χ1) is 15.6. The zero-order chi connectivity index (χ0) is 22.1. The number of H-pyrrole nitrogens is 2. The number of amides is 1. The number of hydrogen-bond acceptors (Lipinski definition) is 2. The molecule has 2 aromatic heterocycles. The van der Waals surface area contributed by atoms with Crippen LogP contribution >= 0.6 is 0 Å². The summed E-state index contributed by atoms with van der Waals surface area (Å²) in [5, 5.41) is 5.26. The molecule has 160 valence electrons. The molecule has 5 rings (SSSR count). The highest BCUT2D eigenvalue weighted by atomic mass is 16.5. The Bertz CT molecular complexity index is 1320. The van der Waals surface area contributed by atoms with E-state index in [9.17, 15) is 4.79 Å². The fourth-order valence-electron chi connectivity index (χ4n) is 4.46. The van der Waals surface area contributed by atoms with Crippen molar-refractivity contribution < 1.29 is 9.53 Å². The van der Waals surface area contributed by atoms with E-state index in [1.807, 2.05) is 80.0 Å². The molecule has 1 amide bonds. The Morgan fingerprint density at radius 2 is 1.38 bits per heavy atom. The molecule has 0 aliphatic carbocycles. The number of fused-ring (bicyclic) bond motifs is 2. The maximum Gasteiger partial charge on any atom is 0.235 e. The van der Waals surface area contributed by atoms with Gasteiger partial charge in [-0.2, -0.15) is 0 Å². The molecule has 2 heterocycles. The summed E-state index contributed by atoms with van der Waals surface area (Å²) in [5.74, 6) is 0.741. The van der Waals surface area contributed by atoms with E-state index in [1.165, 1.54) is 0 Å². The molecule has 5 heteroatoms. The van der Waals surface area contributed by atoms with Crippen LogP contribution in [-0.4, -0.2) is 23.0 Å². The second-order valence-corrected chi connectivity index (χ2v) is 8.15. The minimum atomic E-state index is -0.897. The minimum absolute atomic E-state index is 0.0529. The van der Waals surface area contributed by atoms with E-state index < -0.39 is 5.41 Å². The summed E-state index contributed by atoms with van der Waals surface area (Å²) in [7, 11) is 1.64. The number of hydrogen-bond donors (Lipinski definition) is 3. The molecule has 0 spiro atoms. The molecular weight excluding hydrogens is 398 g/mol. The topological polar surface area (TPSA) is 69.9 Å². The van der Waals surface area contributed by atoms with Gasteiger partial charge in [0.2, 0.25) is 5.91 Å². The first-order valence-electron chi connectivity index (χ1n) is 10.7. The summed E-state index contributed by atoms with van der Waals surface area (Å²) in [4.78, 5) is 20.6. The normalized spacial score (nSPS) is 11.7. The van der Waals surface area contributed by atoms with Crippen LogP contribution < -0.4 is 10.1 Å². The Balaban J connectivity index is 1.58. The number of rotatable bonds is 6. The molecule has 0 saturated carbocycles. The fourth-order valence-corrected chi connectivity index (χ4v) is 4.46. The summed E-state index contributed by atoms with van der Waals surface area (Å²) in [6, 6.07) is 23.9. The maximum atomic E-state index is 13.9. The quantitative estimate of drug-likeness (QED) is 0.348. The fraction of sp³-hybridized carbons (Fsp3) is 0.148. The van der Waals surface area contributed by atoms with Gasteiger partial charge in [0.25, 0.3) is 0 Å². The van der Waals surface area contributed by atoms with Gasteiger partial charge in [0.15, 0.2) is 0 Å². The van der Waals surface area contributed by atoms with Crippen molar-refractivity contribution in [2.75, 3.05) is 7.11 Å². The number of aromatic nitrogens is 2. The van der Waals surface area contributed by atoms with Gasteiger partial charge in [-0.1, -0.05) is 48.5 Å². The van der Waals surface area contributed by atoms with Gasteiger partial charge in [-0.15, -0.1) is 0 Å². The third-order valence-corrected chi connectivity index (χ3v) is 6.32. The van der Waals surface area contributed by atoms with Crippen molar-refractivity contribution >= 4 is 27.7 Å². The Labute approximate surface area is 186 Å². The van der Waals surface area contributed by atoms with Crippen molar-refractivity contribution in [1.29, 1.82) is 0 Å². The average molecular weight is 424 g/mol. The second-order valence-electron chi connectivity index (χ2n) is 8.15. The summed E-state index contributed by atoms with van der Waals surface area (Å²) >= 11 is 0. The lowest BCUT2D eigenvalue weighted by Gasteiger charge is -2.28. The first kappa shape index (κ1) is 19.9. The van der Waals surface area contributed by atoms with Gasteiger partial charge in [0, 0.05) is 40.7 Å². The molecule has 32 heavy (non-hydrogen) atoms. The van der Waals surface area contributed by atoms with Crippen LogP contribution in [0.2, 0.25) is 0 Å². The Morgan fingerprint density at radius 1 is 0.844 bits per heavy atom. The number of carbonyl (C=O) groups is 1. The van der Waals surface area contributed by atoms with Crippen molar-refractivity contribution in [3.63, 3.8) is 0 Å². The van der Waals surface area contributed by atoms with Crippen molar-refractivity contribution in [2.45, 2.75) is 18.9 Å². The zero-order valence-corrected chi connectivity index (χ0v) is 18.1. The molecular formula is C27H25N3O2. The molecule has 5 nitrogen and oxygen atoms in total. The molecule has 3 aromatic carbocycles. The van der Waals surface area contributed by atoms with Crippen molar-refractivity contribution in [1.82, 2.24) is 15.3 Å². The van der Waals surface area contributed by atoms with Gasteiger partial charge in [0.05, 0.1) is 7.11 Å². The summed E-state index contributed by atoms with van der Waals surface area (Å²) in [6.45, 7) is 2.44. The van der Waals surface area contributed by atoms with Crippen LogP contribution in [0.25, 0.3) is 21.8 Å². The SMILES string of the molecule is COc1ccc(CNC(=O)C(C)(c2c[nH]c3ccccc23)c2c[nH]c3ccccc23)cc1. The van der Waals surface area contributed by atoms with E-state index >= 15 is 0 Å². The lowest BCUT2D eigenvalue weighted by atomic mass is 9.75. The Hall–Kier alpha value is -3.99. The van der Waals surface area contributed by atoms with Gasteiger partial charge in [-0.25, -0.2) is 0 Å². The van der Waals surface area contributed by atoms with E-state index in [0.29, 0.717) is 6.54 Å². The van der Waals surface area contributed by atoms with Gasteiger partial charge >= 0.3 is 0 Å². The number of ether oxygens (including phenoxy) is 1. The number of carbonyl (C=O) groups excluding carboxylic acids is 1. The van der Waals surface area contributed by atoms with Gasteiger partial charge in [-0.05, 0) is 47.9 Å². The summed E-state index contributed by atoms with van der Waals surface area (Å²) in [5.41, 5.74) is 4.04. The first-order valence-corrected chi connectivity index (χ1v) is 10.7. The van der Waals surface area contributed by atoms with E-state index in [4.69, 9.17) is 4.74 Å². The highest BCUT2D eigenvalue weighted by Gasteiger charge is 2.40. The highest BCUT2D eigenvalue weighted by Crippen LogP contribution is 2.40. The largest absolute Gasteiger partial charge is 0.497 e. The lowest BCUT2D eigenvalue weighted by molar-refractivity contribution is -0.125. The monoisotopic (exact) mass is 423 g/mol. The third kappa shape index (κ3) is 3.23. The van der Waals surface area contributed by atoms with Crippen LogP contribution in [0.4, 0.5) is 0 Å². The van der Waals surface area contributed by atoms with Crippen LogP contribution in [0.1, 0.15) is 23.6 Å². The Morgan fingerprint density at radius 3 is 1.91 bits per heavy atom. The molecule has 3 N–H and O–H groups in total. The van der Waals surface area contributed by atoms with E-state index in [1.54, 1.807) is 7.11 Å². The highest BCUT2D eigenvalue weighted by molar-refractivity contribution is 6.01. The Kier molecular flexibility index (Phi) is 4.94. The van der Waals surface area contributed by atoms with E-state index in [0.717, 1.165) is 44.2 Å². The molecule has 0 fully saturated rings. The zero-order valence-electron chi connectivity index (χ0n) is 18.1. The number of para-hydroxylation sites is 2. The predicted molar refractivity (Wildman–Crippen MR) is 128 cm³/mol. The van der Waals surface area contributed by atoms with Crippen molar-refractivity contribution in [3.05, 3.63) is 102 Å². The third-order valence-electron chi connectivity index (χ3n) is 6.32. The summed E-state index contributed by atoms with van der Waals surface area (Å²) in [6.07, 6.45) is 3.92.